The van der Waals surface area contributed by atoms with Crippen molar-refractivity contribution in [2.75, 3.05) is 25.0 Å². The van der Waals surface area contributed by atoms with Crippen molar-refractivity contribution >= 4 is 23.7 Å². The van der Waals surface area contributed by atoms with Gasteiger partial charge in [0.1, 0.15) is 12.4 Å². The second-order valence-corrected chi connectivity index (χ2v) is 8.64. The van der Waals surface area contributed by atoms with Crippen LogP contribution in [0.3, 0.4) is 0 Å². The second-order valence-electron chi connectivity index (χ2n) is 8.64. The lowest BCUT2D eigenvalue weighted by Gasteiger charge is -2.43. The number of aliphatic hydroxyl groups is 1. The van der Waals surface area contributed by atoms with Gasteiger partial charge in [0.05, 0.1) is 24.3 Å². The van der Waals surface area contributed by atoms with Crippen molar-refractivity contribution < 1.29 is 33.7 Å². The van der Waals surface area contributed by atoms with Crippen molar-refractivity contribution in [3.8, 4) is 11.1 Å². The number of β-amino-alcohol motifs (C(OH)–C–C–N with tert-alkyl or cyclic N) is 1. The number of benzene rings is 3. The molecule has 2 amide bonds. The van der Waals surface area contributed by atoms with E-state index in [9.17, 15) is 23.9 Å². The van der Waals surface area contributed by atoms with Gasteiger partial charge in [-0.3, -0.25) is 10.1 Å². The van der Waals surface area contributed by atoms with Crippen LogP contribution in [0.2, 0.25) is 0 Å². The van der Waals surface area contributed by atoms with E-state index in [0.717, 1.165) is 39.3 Å². The SMILES string of the molecule is O=C(Nc1ccc(F)cc1C(=O)N1CC(O)(C(=O)O)C1)OCC1c2ccccc2-c2ccccc21. The Bertz CT molecular complexity index is 1310. The summed E-state index contributed by atoms with van der Waals surface area (Å²) >= 11 is 0. The quantitative estimate of drug-likeness (QED) is 0.520. The number of ether oxygens (including phenoxy) is 1. The van der Waals surface area contributed by atoms with Gasteiger partial charge in [-0.15, -0.1) is 0 Å². The third kappa shape index (κ3) is 4.00. The van der Waals surface area contributed by atoms with Gasteiger partial charge >= 0.3 is 12.1 Å². The number of amides is 2. The van der Waals surface area contributed by atoms with Crippen LogP contribution >= 0.6 is 0 Å². The van der Waals surface area contributed by atoms with E-state index < -0.39 is 42.5 Å². The minimum Gasteiger partial charge on any atom is -0.479 e. The lowest BCUT2D eigenvalue weighted by molar-refractivity contribution is -0.173. The molecule has 0 aromatic heterocycles. The third-order valence-electron chi connectivity index (χ3n) is 6.38. The number of rotatable bonds is 5. The van der Waals surface area contributed by atoms with E-state index in [2.05, 4.69) is 5.32 Å². The average Bonchev–Trinajstić information content (AvgIpc) is 3.15. The number of carboxylic acid groups (broad SMARTS) is 1. The maximum absolute atomic E-state index is 13.9. The molecule has 8 nitrogen and oxygen atoms in total. The highest BCUT2D eigenvalue weighted by Crippen LogP contribution is 2.44. The van der Waals surface area contributed by atoms with Gasteiger partial charge in [0, 0.05) is 5.92 Å². The highest BCUT2D eigenvalue weighted by atomic mass is 19.1. The number of nitrogens with zero attached hydrogens (tertiary/aromatic N) is 1. The number of halogens is 1. The normalized spacial score (nSPS) is 15.5. The lowest BCUT2D eigenvalue weighted by Crippen LogP contribution is -2.67. The summed E-state index contributed by atoms with van der Waals surface area (Å²) in [6.07, 6.45) is -0.821. The molecule has 3 aromatic rings. The minimum atomic E-state index is -2.04. The number of carbonyl (C=O) groups excluding carboxylic acids is 2. The van der Waals surface area contributed by atoms with Crippen molar-refractivity contribution in [2.24, 2.45) is 0 Å². The van der Waals surface area contributed by atoms with Gasteiger partial charge in [0.15, 0.2) is 5.60 Å². The van der Waals surface area contributed by atoms with Gasteiger partial charge in [0.2, 0.25) is 0 Å². The molecule has 0 unspecified atom stereocenters. The van der Waals surface area contributed by atoms with Crippen LogP contribution in [-0.2, 0) is 9.53 Å². The summed E-state index contributed by atoms with van der Waals surface area (Å²) in [5.74, 6) is -3.03. The molecule has 1 fully saturated rings. The predicted octanol–water partition coefficient (Wildman–Crippen LogP) is 3.46. The molecule has 3 N–H and O–H groups in total. The Hall–Kier alpha value is -4.24. The Kier molecular flexibility index (Phi) is 5.49. The lowest BCUT2D eigenvalue weighted by atomic mass is 9.93. The Labute approximate surface area is 199 Å². The fourth-order valence-corrected chi connectivity index (χ4v) is 4.58. The van der Waals surface area contributed by atoms with Gasteiger partial charge in [-0.2, -0.15) is 0 Å². The van der Waals surface area contributed by atoms with Crippen molar-refractivity contribution in [3.63, 3.8) is 0 Å². The average molecular weight is 476 g/mol. The molecular formula is C26H21FN2O6. The summed E-state index contributed by atoms with van der Waals surface area (Å²) in [5.41, 5.74) is 2.05. The Morgan fingerprint density at radius 1 is 1.00 bits per heavy atom. The first-order valence-electron chi connectivity index (χ1n) is 10.9. The second kappa shape index (κ2) is 8.52. The Morgan fingerprint density at radius 3 is 2.20 bits per heavy atom. The van der Waals surface area contributed by atoms with Gasteiger partial charge in [-0.1, -0.05) is 48.5 Å². The van der Waals surface area contributed by atoms with Gasteiger partial charge < -0.3 is 19.8 Å². The summed E-state index contributed by atoms with van der Waals surface area (Å²) in [5, 5.41) is 21.4. The molecule has 1 aliphatic carbocycles. The molecule has 0 spiro atoms. The highest BCUT2D eigenvalue weighted by molar-refractivity contribution is 6.04. The van der Waals surface area contributed by atoms with E-state index in [1.807, 2.05) is 48.5 Å². The summed E-state index contributed by atoms with van der Waals surface area (Å²) < 4.78 is 19.4. The number of carboxylic acids is 1. The zero-order chi connectivity index (χ0) is 24.7. The predicted molar refractivity (Wildman–Crippen MR) is 124 cm³/mol. The van der Waals surface area contributed by atoms with E-state index in [0.29, 0.717) is 0 Å². The van der Waals surface area contributed by atoms with Gasteiger partial charge in [0.25, 0.3) is 5.91 Å². The van der Waals surface area contributed by atoms with Crippen LogP contribution in [0.5, 0.6) is 0 Å². The molecule has 0 saturated carbocycles. The van der Waals surface area contributed by atoms with Crippen molar-refractivity contribution in [1.82, 2.24) is 4.90 Å². The number of carbonyl (C=O) groups is 3. The Balaban J connectivity index is 1.29. The van der Waals surface area contributed by atoms with E-state index in [1.54, 1.807) is 0 Å². The number of hydrogen-bond acceptors (Lipinski definition) is 5. The van der Waals surface area contributed by atoms with Gasteiger partial charge in [-0.05, 0) is 40.5 Å². The van der Waals surface area contributed by atoms with Crippen LogP contribution < -0.4 is 5.32 Å². The smallest absolute Gasteiger partial charge is 0.411 e. The molecule has 1 heterocycles. The van der Waals surface area contributed by atoms with E-state index in [-0.39, 0.29) is 23.8 Å². The molecular weight excluding hydrogens is 455 g/mol. The zero-order valence-electron chi connectivity index (χ0n) is 18.4. The molecule has 0 bridgehead atoms. The zero-order valence-corrected chi connectivity index (χ0v) is 18.4. The number of fused-ring (bicyclic) bond motifs is 3. The van der Waals surface area contributed by atoms with Crippen LogP contribution in [0.4, 0.5) is 14.9 Å². The standard InChI is InChI=1S/C26H21FN2O6/c27-15-9-10-22(20(11-15)23(30)29-13-26(34,14-29)24(31)32)28-25(33)35-12-21-18-7-3-1-5-16(18)17-6-2-4-8-19(17)21/h1-11,21,34H,12-14H2,(H,28,33)(H,31,32). The largest absolute Gasteiger partial charge is 0.479 e. The number of nitrogens with one attached hydrogen (secondary N) is 1. The third-order valence-corrected chi connectivity index (χ3v) is 6.38. The van der Waals surface area contributed by atoms with Crippen LogP contribution in [0.1, 0.15) is 27.4 Å². The summed E-state index contributed by atoms with van der Waals surface area (Å²) in [6, 6.07) is 19.0. The van der Waals surface area contributed by atoms with E-state index in [1.165, 1.54) is 6.07 Å². The summed E-state index contributed by atoms with van der Waals surface area (Å²) in [6.45, 7) is -0.827. The Morgan fingerprint density at radius 2 is 1.60 bits per heavy atom. The van der Waals surface area contributed by atoms with Crippen LogP contribution in [0.15, 0.2) is 66.7 Å². The van der Waals surface area contributed by atoms with Gasteiger partial charge in [-0.25, -0.2) is 14.0 Å². The fourth-order valence-electron chi connectivity index (χ4n) is 4.58. The van der Waals surface area contributed by atoms with Crippen molar-refractivity contribution in [1.29, 1.82) is 0 Å². The monoisotopic (exact) mass is 476 g/mol. The highest BCUT2D eigenvalue weighted by Gasteiger charge is 2.50. The molecule has 5 rings (SSSR count). The number of aliphatic carboxylic acids is 1. The van der Waals surface area contributed by atoms with Crippen LogP contribution in [0, 0.1) is 5.82 Å². The van der Waals surface area contributed by atoms with E-state index >= 15 is 0 Å². The molecule has 3 aromatic carbocycles. The molecule has 0 atom stereocenters. The molecule has 178 valence electrons. The number of anilines is 1. The molecule has 9 heteroatoms. The molecule has 1 aliphatic heterocycles. The first-order valence-corrected chi connectivity index (χ1v) is 10.9. The maximum atomic E-state index is 13.9. The first-order chi connectivity index (χ1) is 16.8. The summed E-state index contributed by atoms with van der Waals surface area (Å²) in [4.78, 5) is 37.6. The van der Waals surface area contributed by atoms with Crippen LogP contribution in [0.25, 0.3) is 11.1 Å². The summed E-state index contributed by atoms with van der Waals surface area (Å²) in [7, 11) is 0. The van der Waals surface area contributed by atoms with Crippen molar-refractivity contribution in [2.45, 2.75) is 11.5 Å². The van der Waals surface area contributed by atoms with E-state index in [4.69, 9.17) is 9.84 Å². The maximum Gasteiger partial charge on any atom is 0.411 e. The number of hydrogen-bond donors (Lipinski definition) is 3. The molecule has 2 aliphatic rings. The number of likely N-dealkylation sites (tertiary alicyclic amines) is 1. The molecule has 0 radical (unpaired) electrons. The molecule has 35 heavy (non-hydrogen) atoms. The minimum absolute atomic E-state index is 0.0133. The molecule has 1 saturated heterocycles. The van der Waals surface area contributed by atoms with Crippen LogP contribution in [-0.4, -0.2) is 58.4 Å². The fraction of sp³-hybridized carbons (Fsp3) is 0.192. The van der Waals surface area contributed by atoms with Crippen molar-refractivity contribution in [3.05, 3.63) is 89.2 Å². The topological polar surface area (TPSA) is 116 Å². The first kappa shape index (κ1) is 22.5.